The molecule has 0 amide bonds. The molecule has 1 saturated heterocycles. The highest BCUT2D eigenvalue weighted by Crippen LogP contribution is 2.17. The van der Waals surface area contributed by atoms with Gasteiger partial charge in [-0.2, -0.15) is 0 Å². The summed E-state index contributed by atoms with van der Waals surface area (Å²) in [5.74, 6) is 1.59. The number of nitrogens with one attached hydrogen (secondary N) is 1. The molecule has 7 heteroatoms. The molecule has 21 heavy (non-hydrogen) atoms. The van der Waals surface area contributed by atoms with E-state index in [4.69, 9.17) is 4.74 Å². The molecule has 2 rings (SSSR count). The maximum atomic E-state index is 5.24. The summed E-state index contributed by atoms with van der Waals surface area (Å²) >= 11 is 1.77. The number of thiazole rings is 1. The van der Waals surface area contributed by atoms with Crippen LogP contribution in [0.3, 0.4) is 0 Å². The van der Waals surface area contributed by atoms with Gasteiger partial charge in [-0.3, -0.25) is 4.99 Å². The first-order chi connectivity index (χ1) is 9.76. The average Bonchev–Trinajstić information content (AvgIpc) is 3.09. The lowest BCUT2D eigenvalue weighted by atomic mass is 10.1. The molecule has 0 bridgehead atoms. The molecule has 1 aliphatic heterocycles. The minimum Gasteiger partial charge on any atom is -0.384 e. The van der Waals surface area contributed by atoms with Crippen molar-refractivity contribution in [2.45, 2.75) is 26.3 Å². The van der Waals surface area contributed by atoms with Crippen LogP contribution in [0, 0.1) is 5.92 Å². The SMILES string of the molecule is CCc1cnc(CNC(=NC)N2CCC(COC)C2)s1.I. The van der Waals surface area contributed by atoms with E-state index >= 15 is 0 Å². The van der Waals surface area contributed by atoms with E-state index in [0.29, 0.717) is 5.92 Å². The third-order valence-electron chi connectivity index (χ3n) is 3.55. The Hall–Kier alpha value is -0.410. The summed E-state index contributed by atoms with van der Waals surface area (Å²) in [4.78, 5) is 12.4. The van der Waals surface area contributed by atoms with E-state index in [1.54, 1.807) is 18.4 Å². The first kappa shape index (κ1) is 18.6. The zero-order valence-corrected chi connectivity index (χ0v) is 16.1. The Bertz CT molecular complexity index is 452. The van der Waals surface area contributed by atoms with Crippen LogP contribution in [0.15, 0.2) is 11.2 Å². The largest absolute Gasteiger partial charge is 0.384 e. The Morgan fingerprint density at radius 3 is 3.05 bits per heavy atom. The number of rotatable bonds is 5. The summed E-state index contributed by atoms with van der Waals surface area (Å²) in [6.07, 6.45) is 4.19. The standard InChI is InChI=1S/C14H24N4OS.HI/c1-4-12-7-16-13(20-12)8-17-14(15-2)18-6-5-11(9-18)10-19-3;/h7,11H,4-6,8-10H2,1-3H3,(H,15,17);1H. The van der Waals surface area contributed by atoms with Gasteiger partial charge in [-0.05, 0) is 12.8 Å². The van der Waals surface area contributed by atoms with Gasteiger partial charge in [-0.15, -0.1) is 35.3 Å². The van der Waals surface area contributed by atoms with E-state index in [1.807, 2.05) is 13.2 Å². The molecule has 5 nitrogen and oxygen atoms in total. The average molecular weight is 424 g/mol. The maximum Gasteiger partial charge on any atom is 0.194 e. The topological polar surface area (TPSA) is 49.8 Å². The van der Waals surface area contributed by atoms with Crippen LogP contribution in [0.2, 0.25) is 0 Å². The van der Waals surface area contributed by atoms with Crippen LogP contribution in [0.1, 0.15) is 23.2 Å². The van der Waals surface area contributed by atoms with E-state index < -0.39 is 0 Å². The fourth-order valence-electron chi connectivity index (χ4n) is 2.48. The van der Waals surface area contributed by atoms with Gasteiger partial charge < -0.3 is 15.0 Å². The molecule has 0 radical (unpaired) electrons. The van der Waals surface area contributed by atoms with Crippen molar-refractivity contribution in [3.8, 4) is 0 Å². The normalized spacial score (nSPS) is 18.7. The number of ether oxygens (including phenoxy) is 1. The molecule has 1 atom stereocenters. The van der Waals surface area contributed by atoms with Crippen LogP contribution in [0.4, 0.5) is 0 Å². The number of hydrogen-bond donors (Lipinski definition) is 1. The predicted molar refractivity (Wildman–Crippen MR) is 98.7 cm³/mol. The molecule has 0 saturated carbocycles. The van der Waals surface area contributed by atoms with Crippen molar-refractivity contribution in [1.29, 1.82) is 0 Å². The van der Waals surface area contributed by atoms with Gasteiger partial charge in [0.15, 0.2) is 5.96 Å². The minimum absolute atomic E-state index is 0. The van der Waals surface area contributed by atoms with Crippen molar-refractivity contribution in [1.82, 2.24) is 15.2 Å². The molecule has 1 aliphatic rings. The van der Waals surface area contributed by atoms with E-state index in [9.17, 15) is 0 Å². The van der Waals surface area contributed by atoms with E-state index in [2.05, 4.69) is 27.1 Å². The van der Waals surface area contributed by atoms with Crippen molar-refractivity contribution in [3.63, 3.8) is 0 Å². The van der Waals surface area contributed by atoms with E-state index in [-0.39, 0.29) is 24.0 Å². The highest BCUT2D eigenvalue weighted by molar-refractivity contribution is 14.0. The van der Waals surface area contributed by atoms with Crippen LogP contribution in [-0.4, -0.2) is 49.7 Å². The molecule has 1 fully saturated rings. The first-order valence-corrected chi connectivity index (χ1v) is 7.96. The zero-order valence-electron chi connectivity index (χ0n) is 13.0. The van der Waals surface area contributed by atoms with Gasteiger partial charge in [-0.25, -0.2) is 4.98 Å². The van der Waals surface area contributed by atoms with Crippen molar-refractivity contribution in [2.24, 2.45) is 10.9 Å². The minimum atomic E-state index is 0. The number of guanidine groups is 1. The molecule has 1 aromatic heterocycles. The third kappa shape index (κ3) is 5.37. The third-order valence-corrected chi connectivity index (χ3v) is 4.69. The van der Waals surface area contributed by atoms with Crippen molar-refractivity contribution in [3.05, 3.63) is 16.1 Å². The fraction of sp³-hybridized carbons (Fsp3) is 0.714. The molecule has 0 aliphatic carbocycles. The number of aromatic nitrogens is 1. The maximum absolute atomic E-state index is 5.24. The van der Waals surface area contributed by atoms with E-state index in [1.165, 1.54) is 11.3 Å². The number of methoxy groups -OCH3 is 1. The Morgan fingerprint density at radius 1 is 1.62 bits per heavy atom. The monoisotopic (exact) mass is 424 g/mol. The Morgan fingerprint density at radius 2 is 2.43 bits per heavy atom. The van der Waals surface area contributed by atoms with Gasteiger partial charge in [-0.1, -0.05) is 6.92 Å². The van der Waals surface area contributed by atoms with Gasteiger partial charge in [0, 0.05) is 44.2 Å². The molecule has 2 heterocycles. The Balaban J connectivity index is 0.00000220. The highest BCUT2D eigenvalue weighted by atomic mass is 127. The number of halogens is 1. The van der Waals surface area contributed by atoms with Crippen molar-refractivity contribution in [2.75, 3.05) is 33.9 Å². The summed E-state index contributed by atoms with van der Waals surface area (Å²) in [5, 5.41) is 4.53. The van der Waals surface area contributed by atoms with Crippen molar-refractivity contribution >= 4 is 41.3 Å². The summed E-state index contributed by atoms with van der Waals surface area (Å²) in [7, 11) is 3.61. The number of nitrogens with zero attached hydrogens (tertiary/aromatic N) is 3. The van der Waals surface area contributed by atoms with Gasteiger partial charge in [0.25, 0.3) is 0 Å². The molecule has 1 N–H and O–H groups in total. The predicted octanol–water partition coefficient (Wildman–Crippen LogP) is 2.37. The molecule has 0 aromatic carbocycles. The highest BCUT2D eigenvalue weighted by Gasteiger charge is 2.24. The smallest absolute Gasteiger partial charge is 0.194 e. The lowest BCUT2D eigenvalue weighted by Gasteiger charge is -2.21. The fourth-order valence-corrected chi connectivity index (χ4v) is 3.28. The summed E-state index contributed by atoms with van der Waals surface area (Å²) in [6, 6.07) is 0. The second kappa shape index (κ2) is 9.58. The van der Waals surface area contributed by atoms with Gasteiger partial charge in [0.2, 0.25) is 0 Å². The Kier molecular flexibility index (Phi) is 8.50. The lowest BCUT2D eigenvalue weighted by Crippen LogP contribution is -2.39. The Labute approximate surface area is 148 Å². The summed E-state index contributed by atoms with van der Waals surface area (Å²) in [5.41, 5.74) is 0. The molecule has 1 unspecified atom stereocenters. The summed E-state index contributed by atoms with van der Waals surface area (Å²) < 4.78 is 5.24. The number of likely N-dealkylation sites (tertiary alicyclic amines) is 1. The number of aryl methyl sites for hydroxylation is 1. The molecule has 0 spiro atoms. The van der Waals surface area contributed by atoms with Crippen molar-refractivity contribution < 1.29 is 4.74 Å². The van der Waals surface area contributed by atoms with Crippen LogP contribution < -0.4 is 5.32 Å². The molecule has 1 aromatic rings. The van der Waals surface area contributed by atoms with Gasteiger partial charge >= 0.3 is 0 Å². The van der Waals surface area contributed by atoms with Gasteiger partial charge in [0.1, 0.15) is 5.01 Å². The second-order valence-corrected chi connectivity index (χ2v) is 6.23. The molecular formula is C14H25IN4OS. The lowest BCUT2D eigenvalue weighted by molar-refractivity contribution is 0.157. The second-order valence-electron chi connectivity index (χ2n) is 5.03. The number of aliphatic imine (C=N–C) groups is 1. The molecular weight excluding hydrogens is 399 g/mol. The van der Waals surface area contributed by atoms with E-state index in [0.717, 1.165) is 43.6 Å². The summed E-state index contributed by atoms with van der Waals surface area (Å²) in [6.45, 7) is 5.81. The van der Waals surface area contributed by atoms with Gasteiger partial charge in [0.05, 0.1) is 13.2 Å². The number of hydrogen-bond acceptors (Lipinski definition) is 4. The zero-order chi connectivity index (χ0) is 14.4. The van der Waals surface area contributed by atoms with Crippen LogP contribution in [-0.2, 0) is 17.7 Å². The first-order valence-electron chi connectivity index (χ1n) is 7.15. The quantitative estimate of drug-likeness (QED) is 0.448. The van der Waals surface area contributed by atoms with Crippen LogP contribution in [0.25, 0.3) is 0 Å². The van der Waals surface area contributed by atoms with Crippen LogP contribution >= 0.6 is 35.3 Å². The van der Waals surface area contributed by atoms with Crippen LogP contribution in [0.5, 0.6) is 0 Å². The molecule has 120 valence electrons.